The predicted octanol–water partition coefficient (Wildman–Crippen LogP) is -0.198. The minimum absolute atomic E-state index is 0.131. The van der Waals surface area contributed by atoms with Gasteiger partial charge in [0.2, 0.25) is 0 Å². The van der Waals surface area contributed by atoms with Gasteiger partial charge in [-0.05, 0) is 18.8 Å². The van der Waals surface area contributed by atoms with Gasteiger partial charge < -0.3 is 5.11 Å². The normalized spacial score (nSPS) is 33.4. The van der Waals surface area contributed by atoms with E-state index in [4.69, 9.17) is 5.11 Å². The lowest BCUT2D eigenvalue weighted by molar-refractivity contribution is 0.165. The summed E-state index contributed by atoms with van der Waals surface area (Å²) in [7, 11) is -2.82. The van der Waals surface area contributed by atoms with Gasteiger partial charge in [0, 0.05) is 12.9 Å². The van der Waals surface area contributed by atoms with Gasteiger partial charge in [-0.2, -0.15) is 0 Å². The molecule has 3 nitrogen and oxygen atoms in total. The van der Waals surface area contributed by atoms with E-state index in [0.29, 0.717) is 12.8 Å². The van der Waals surface area contributed by atoms with Crippen molar-refractivity contribution in [1.82, 2.24) is 0 Å². The molecule has 0 heterocycles. The molecule has 1 N–H and O–H groups in total. The number of aliphatic hydroxyl groups is 1. The molecule has 0 aliphatic heterocycles. The second-order valence-corrected chi connectivity index (χ2v) is 5.30. The van der Waals surface area contributed by atoms with Crippen molar-refractivity contribution in [3.05, 3.63) is 0 Å². The van der Waals surface area contributed by atoms with Crippen molar-refractivity contribution in [2.24, 2.45) is 5.92 Å². The van der Waals surface area contributed by atoms with Gasteiger partial charge in [0.25, 0.3) is 0 Å². The van der Waals surface area contributed by atoms with Crippen LogP contribution in [-0.2, 0) is 9.84 Å². The smallest absolute Gasteiger partial charge is 0.150 e. The highest BCUT2D eigenvalue weighted by Gasteiger charge is 2.35. The van der Waals surface area contributed by atoms with Crippen molar-refractivity contribution in [3.8, 4) is 0 Å². The van der Waals surface area contributed by atoms with E-state index in [1.807, 2.05) is 0 Å². The van der Waals surface area contributed by atoms with Crippen LogP contribution in [0.4, 0.5) is 0 Å². The molecule has 0 amide bonds. The highest BCUT2D eigenvalue weighted by Crippen LogP contribution is 2.31. The molecule has 4 heteroatoms. The van der Waals surface area contributed by atoms with Crippen molar-refractivity contribution in [2.45, 2.75) is 18.1 Å². The summed E-state index contributed by atoms with van der Waals surface area (Å²) in [6.07, 6.45) is 2.55. The molecule has 60 valence electrons. The summed E-state index contributed by atoms with van der Waals surface area (Å²) in [5.41, 5.74) is 0. The van der Waals surface area contributed by atoms with E-state index in [1.165, 1.54) is 6.26 Å². The zero-order chi connectivity index (χ0) is 7.78. The van der Waals surface area contributed by atoms with Crippen molar-refractivity contribution < 1.29 is 13.5 Å². The molecule has 0 atom stereocenters. The Kier molecular flexibility index (Phi) is 2.01. The Hall–Kier alpha value is -0.0900. The maximum Gasteiger partial charge on any atom is 0.150 e. The van der Waals surface area contributed by atoms with Crippen LogP contribution in [0.25, 0.3) is 0 Å². The molecule has 0 bridgehead atoms. The van der Waals surface area contributed by atoms with E-state index in [1.54, 1.807) is 0 Å². The Labute approximate surface area is 61.0 Å². The third-order valence-corrected chi connectivity index (χ3v) is 3.65. The minimum Gasteiger partial charge on any atom is -0.396 e. The molecule has 1 aliphatic carbocycles. The number of hydrogen-bond acceptors (Lipinski definition) is 3. The molecule has 0 aromatic carbocycles. The van der Waals surface area contributed by atoms with Gasteiger partial charge in [-0.25, -0.2) is 8.42 Å². The van der Waals surface area contributed by atoms with Gasteiger partial charge in [0.1, 0.15) is 9.84 Å². The van der Waals surface area contributed by atoms with Crippen molar-refractivity contribution >= 4 is 9.84 Å². The highest BCUT2D eigenvalue weighted by atomic mass is 32.2. The number of hydrogen-bond donors (Lipinski definition) is 1. The van der Waals surface area contributed by atoms with Crippen LogP contribution in [0.1, 0.15) is 12.8 Å². The summed E-state index contributed by atoms with van der Waals surface area (Å²) >= 11 is 0. The molecule has 1 rings (SSSR count). The average Bonchev–Trinajstić information content (AvgIpc) is 1.57. The summed E-state index contributed by atoms with van der Waals surface area (Å²) in [5, 5.41) is 8.40. The molecule has 10 heavy (non-hydrogen) atoms. The van der Waals surface area contributed by atoms with Gasteiger partial charge in [0.15, 0.2) is 0 Å². The molecule has 0 unspecified atom stereocenters. The zero-order valence-electron chi connectivity index (χ0n) is 5.95. The van der Waals surface area contributed by atoms with Crippen molar-refractivity contribution in [1.29, 1.82) is 0 Å². The van der Waals surface area contributed by atoms with E-state index < -0.39 is 9.84 Å². The molecular weight excluding hydrogens is 152 g/mol. The number of rotatable bonds is 2. The molecule has 0 saturated heterocycles. The van der Waals surface area contributed by atoms with Crippen LogP contribution in [0.3, 0.4) is 0 Å². The maximum absolute atomic E-state index is 10.8. The Bertz CT molecular complexity index is 201. The molecule has 0 aromatic rings. The number of aliphatic hydroxyl groups excluding tert-OH is 1. The second-order valence-electron chi connectivity index (χ2n) is 2.97. The third-order valence-electron chi connectivity index (χ3n) is 2.06. The highest BCUT2D eigenvalue weighted by molar-refractivity contribution is 7.91. The van der Waals surface area contributed by atoms with Gasteiger partial charge in [-0.3, -0.25) is 0 Å². The van der Waals surface area contributed by atoms with Gasteiger partial charge >= 0.3 is 0 Å². The lowest BCUT2D eigenvalue weighted by atomic mass is 9.86. The van der Waals surface area contributed by atoms with Crippen LogP contribution >= 0.6 is 0 Å². The Balaban J connectivity index is 2.41. The fourth-order valence-electron chi connectivity index (χ4n) is 1.17. The van der Waals surface area contributed by atoms with Crippen LogP contribution in [0.5, 0.6) is 0 Å². The van der Waals surface area contributed by atoms with Crippen LogP contribution in [-0.4, -0.2) is 31.6 Å². The van der Waals surface area contributed by atoms with Crippen molar-refractivity contribution in [2.75, 3.05) is 12.9 Å². The van der Waals surface area contributed by atoms with E-state index in [0.717, 1.165) is 0 Å². The standard InChI is InChI=1S/C6H12O3S/c1-10(8,9)6-2-5(3-6)4-7/h5-7H,2-4H2,1H3. The third kappa shape index (κ3) is 1.49. The first kappa shape index (κ1) is 8.01. The summed E-state index contributed by atoms with van der Waals surface area (Å²) in [4.78, 5) is 0. The Morgan fingerprint density at radius 2 is 2.00 bits per heavy atom. The predicted molar refractivity (Wildman–Crippen MR) is 38.4 cm³/mol. The number of sulfone groups is 1. The summed E-state index contributed by atoms with van der Waals surface area (Å²) < 4.78 is 21.6. The molecule has 0 aromatic heterocycles. The Morgan fingerprint density at radius 3 is 2.30 bits per heavy atom. The van der Waals surface area contributed by atoms with Crippen LogP contribution in [0.2, 0.25) is 0 Å². The lowest BCUT2D eigenvalue weighted by Gasteiger charge is -2.32. The van der Waals surface area contributed by atoms with Crippen molar-refractivity contribution in [3.63, 3.8) is 0 Å². The topological polar surface area (TPSA) is 54.4 Å². The minimum atomic E-state index is -2.82. The van der Waals surface area contributed by atoms with E-state index in [-0.39, 0.29) is 17.8 Å². The quantitative estimate of drug-likeness (QED) is 0.615. The first-order valence-electron chi connectivity index (χ1n) is 3.33. The SMILES string of the molecule is CS(=O)(=O)C1CC(CO)C1. The van der Waals surface area contributed by atoms with Crippen LogP contribution < -0.4 is 0 Å². The first-order chi connectivity index (χ1) is 4.54. The fourth-order valence-corrected chi connectivity index (χ4v) is 2.42. The summed E-state index contributed by atoms with van der Waals surface area (Å²) in [6.45, 7) is 0.131. The molecular formula is C6H12O3S. The lowest BCUT2D eigenvalue weighted by Crippen LogP contribution is -2.36. The van der Waals surface area contributed by atoms with E-state index in [9.17, 15) is 8.42 Å². The van der Waals surface area contributed by atoms with Crippen LogP contribution in [0.15, 0.2) is 0 Å². The van der Waals surface area contributed by atoms with E-state index >= 15 is 0 Å². The van der Waals surface area contributed by atoms with Gasteiger partial charge in [0.05, 0.1) is 5.25 Å². The molecule has 0 radical (unpaired) electrons. The monoisotopic (exact) mass is 164 g/mol. The van der Waals surface area contributed by atoms with Gasteiger partial charge in [-0.15, -0.1) is 0 Å². The summed E-state index contributed by atoms with van der Waals surface area (Å²) in [6, 6.07) is 0. The molecule has 1 aliphatic rings. The molecule has 1 saturated carbocycles. The van der Waals surface area contributed by atoms with E-state index in [2.05, 4.69) is 0 Å². The Morgan fingerprint density at radius 1 is 1.50 bits per heavy atom. The second kappa shape index (κ2) is 2.51. The van der Waals surface area contributed by atoms with Crippen LogP contribution in [0, 0.1) is 5.92 Å². The fraction of sp³-hybridized carbons (Fsp3) is 1.00. The average molecular weight is 164 g/mol. The van der Waals surface area contributed by atoms with Gasteiger partial charge in [-0.1, -0.05) is 0 Å². The summed E-state index contributed by atoms with van der Waals surface area (Å²) in [5.74, 6) is 0.236. The zero-order valence-corrected chi connectivity index (χ0v) is 6.76. The largest absolute Gasteiger partial charge is 0.396 e. The first-order valence-corrected chi connectivity index (χ1v) is 5.29. The maximum atomic E-state index is 10.8. The molecule has 0 spiro atoms. The molecule has 1 fully saturated rings.